The van der Waals surface area contributed by atoms with E-state index in [2.05, 4.69) is 11.9 Å². The van der Waals surface area contributed by atoms with Crippen LogP contribution in [0.2, 0.25) is 0 Å². The highest BCUT2D eigenvalue weighted by molar-refractivity contribution is 5.26. The molecule has 0 fully saturated rings. The van der Waals surface area contributed by atoms with Gasteiger partial charge < -0.3 is 5.32 Å². The second-order valence-corrected chi connectivity index (χ2v) is 1.69. The summed E-state index contributed by atoms with van der Waals surface area (Å²) in [6, 6.07) is 0. The van der Waals surface area contributed by atoms with Crippen molar-refractivity contribution in [3.63, 3.8) is 0 Å². The Morgan fingerprint density at radius 3 is 3.00 bits per heavy atom. The molecule has 0 aromatic heterocycles. The lowest BCUT2D eigenvalue weighted by molar-refractivity contribution is 0.941. The van der Waals surface area contributed by atoms with E-state index in [4.69, 9.17) is 0 Å². The van der Waals surface area contributed by atoms with Gasteiger partial charge in [-0.25, -0.2) is 0 Å². The predicted octanol–water partition coefficient (Wildman–Crippen LogP) is 1.22. The molecule has 1 N–H and O–H groups in total. The third-order valence-corrected chi connectivity index (χ3v) is 1.09. The minimum Gasteiger partial charge on any atom is -0.387 e. The summed E-state index contributed by atoms with van der Waals surface area (Å²) in [7, 11) is 0. The van der Waals surface area contributed by atoms with Crippen LogP contribution in [-0.4, -0.2) is 6.54 Å². The summed E-state index contributed by atoms with van der Waals surface area (Å²) in [5.41, 5.74) is 1.24. The monoisotopic (exact) mass is 107 g/mol. The van der Waals surface area contributed by atoms with E-state index in [0.29, 0.717) is 0 Å². The fourth-order valence-electron chi connectivity index (χ4n) is 0.616. The van der Waals surface area contributed by atoms with E-state index in [0.717, 1.165) is 6.54 Å². The second kappa shape index (κ2) is 2.36. The second-order valence-electron chi connectivity index (χ2n) is 1.69. The average Bonchev–Trinajstić information content (AvgIpc) is 1.90. The predicted molar refractivity (Wildman–Crippen MR) is 35.4 cm³/mol. The first-order valence-corrected chi connectivity index (χ1v) is 2.65. The van der Waals surface area contributed by atoms with Crippen LogP contribution in [0.15, 0.2) is 36.6 Å². The van der Waals surface area contributed by atoms with Crippen molar-refractivity contribution in [2.75, 3.05) is 6.54 Å². The lowest BCUT2D eigenvalue weighted by Gasteiger charge is -2.04. The molecule has 0 aliphatic carbocycles. The van der Waals surface area contributed by atoms with Crippen LogP contribution in [0.4, 0.5) is 0 Å². The molecule has 8 heavy (non-hydrogen) atoms. The van der Waals surface area contributed by atoms with Crippen molar-refractivity contribution in [2.45, 2.75) is 0 Å². The van der Waals surface area contributed by atoms with Gasteiger partial charge in [-0.15, -0.1) is 0 Å². The van der Waals surface area contributed by atoms with Crippen molar-refractivity contribution in [1.82, 2.24) is 5.32 Å². The van der Waals surface area contributed by atoms with Crippen LogP contribution >= 0.6 is 0 Å². The zero-order valence-electron chi connectivity index (χ0n) is 4.72. The molecule has 0 bridgehead atoms. The number of hydrogen-bond acceptors (Lipinski definition) is 1. The first kappa shape index (κ1) is 5.16. The van der Waals surface area contributed by atoms with E-state index in [9.17, 15) is 0 Å². The molecule has 1 aliphatic rings. The van der Waals surface area contributed by atoms with Crippen LogP contribution in [-0.2, 0) is 0 Å². The number of allylic oxidation sites excluding steroid dienone is 2. The quantitative estimate of drug-likeness (QED) is 0.531. The Labute approximate surface area is 49.4 Å². The molecule has 0 unspecified atom stereocenters. The Morgan fingerprint density at radius 1 is 1.75 bits per heavy atom. The smallest absolute Gasteiger partial charge is 0.0395 e. The molecule has 1 rings (SSSR count). The van der Waals surface area contributed by atoms with Crippen molar-refractivity contribution in [1.29, 1.82) is 0 Å². The minimum absolute atomic E-state index is 0.917. The van der Waals surface area contributed by atoms with Crippen LogP contribution < -0.4 is 5.32 Å². The summed E-state index contributed by atoms with van der Waals surface area (Å²) in [5, 5.41) is 3.07. The van der Waals surface area contributed by atoms with Gasteiger partial charge >= 0.3 is 0 Å². The van der Waals surface area contributed by atoms with Crippen molar-refractivity contribution in [2.24, 2.45) is 0 Å². The molecule has 1 heterocycles. The lowest BCUT2D eigenvalue weighted by Crippen LogP contribution is -2.10. The normalized spacial score (nSPS) is 16.8. The molecule has 0 atom stereocenters. The largest absolute Gasteiger partial charge is 0.387 e. The van der Waals surface area contributed by atoms with Crippen molar-refractivity contribution < 1.29 is 0 Å². The van der Waals surface area contributed by atoms with Gasteiger partial charge in [0.25, 0.3) is 0 Å². The van der Waals surface area contributed by atoms with Crippen LogP contribution in [0.25, 0.3) is 0 Å². The van der Waals surface area contributed by atoms with E-state index in [1.165, 1.54) is 5.57 Å². The van der Waals surface area contributed by atoms with Crippen LogP contribution in [0.5, 0.6) is 0 Å². The van der Waals surface area contributed by atoms with Crippen LogP contribution in [0.3, 0.4) is 0 Å². The van der Waals surface area contributed by atoms with Gasteiger partial charge in [-0.1, -0.05) is 18.7 Å². The van der Waals surface area contributed by atoms with E-state index in [1.807, 2.05) is 24.4 Å². The summed E-state index contributed by atoms with van der Waals surface area (Å²) in [6.07, 6.45) is 7.80. The van der Waals surface area contributed by atoms with Gasteiger partial charge in [0.2, 0.25) is 0 Å². The molecule has 0 saturated heterocycles. The number of dihydropyridines is 1. The number of nitrogens with one attached hydrogen (secondary N) is 1. The molecule has 42 valence electrons. The van der Waals surface area contributed by atoms with Gasteiger partial charge in [0.1, 0.15) is 0 Å². The summed E-state index contributed by atoms with van der Waals surface area (Å²) in [6.45, 7) is 4.56. The van der Waals surface area contributed by atoms with E-state index >= 15 is 0 Å². The van der Waals surface area contributed by atoms with Crippen molar-refractivity contribution in [3.8, 4) is 0 Å². The highest BCUT2D eigenvalue weighted by atomic mass is 14.8. The fraction of sp³-hybridized carbons (Fsp3) is 0.143. The molecular weight excluding hydrogens is 98.1 g/mol. The van der Waals surface area contributed by atoms with E-state index in [-0.39, 0.29) is 0 Å². The minimum atomic E-state index is 0.917. The SMILES string of the molecule is C=CC1=CC=CNC1. The lowest BCUT2D eigenvalue weighted by atomic mass is 10.2. The number of hydrogen-bond donors (Lipinski definition) is 1. The molecule has 1 heteroatoms. The summed E-state index contributed by atoms with van der Waals surface area (Å²) in [4.78, 5) is 0. The highest BCUT2D eigenvalue weighted by Gasteiger charge is 1.89. The molecule has 1 aliphatic heterocycles. The van der Waals surface area contributed by atoms with Gasteiger partial charge in [0.15, 0.2) is 0 Å². The molecule has 0 saturated carbocycles. The fourth-order valence-corrected chi connectivity index (χ4v) is 0.616. The molecule has 1 nitrogen and oxygen atoms in total. The maximum Gasteiger partial charge on any atom is 0.0395 e. The molecule has 0 amide bonds. The average molecular weight is 107 g/mol. The van der Waals surface area contributed by atoms with Gasteiger partial charge in [0.05, 0.1) is 0 Å². The maximum atomic E-state index is 3.64. The number of rotatable bonds is 1. The Kier molecular flexibility index (Phi) is 1.52. The Morgan fingerprint density at radius 2 is 2.62 bits per heavy atom. The van der Waals surface area contributed by atoms with Gasteiger partial charge in [-0.2, -0.15) is 0 Å². The summed E-state index contributed by atoms with van der Waals surface area (Å²) < 4.78 is 0. The molecule has 0 spiro atoms. The Bertz CT molecular complexity index is 142. The van der Waals surface area contributed by atoms with Gasteiger partial charge in [0, 0.05) is 6.54 Å². The summed E-state index contributed by atoms with van der Waals surface area (Å²) in [5.74, 6) is 0. The van der Waals surface area contributed by atoms with Gasteiger partial charge in [-0.05, 0) is 17.8 Å². The van der Waals surface area contributed by atoms with Crippen LogP contribution in [0.1, 0.15) is 0 Å². The first-order chi connectivity index (χ1) is 3.93. The molecule has 0 aromatic rings. The topological polar surface area (TPSA) is 12.0 Å². The third-order valence-electron chi connectivity index (χ3n) is 1.09. The standard InChI is InChI=1S/C7H9N/c1-2-7-4-3-5-8-6-7/h2-5,8H,1,6H2. The van der Waals surface area contributed by atoms with Crippen molar-refractivity contribution >= 4 is 0 Å². The van der Waals surface area contributed by atoms with Gasteiger partial charge in [-0.3, -0.25) is 0 Å². The van der Waals surface area contributed by atoms with Crippen molar-refractivity contribution in [3.05, 3.63) is 36.6 Å². The molecule has 0 aromatic carbocycles. The zero-order valence-corrected chi connectivity index (χ0v) is 4.72. The first-order valence-electron chi connectivity index (χ1n) is 2.65. The third kappa shape index (κ3) is 0.997. The van der Waals surface area contributed by atoms with E-state index < -0.39 is 0 Å². The maximum absolute atomic E-state index is 3.64. The Balaban J connectivity index is 2.63. The van der Waals surface area contributed by atoms with Crippen LogP contribution in [0, 0.1) is 0 Å². The molecule has 0 radical (unpaired) electrons. The molecular formula is C7H9N. The van der Waals surface area contributed by atoms with E-state index in [1.54, 1.807) is 0 Å². The zero-order chi connectivity index (χ0) is 5.82. The highest BCUT2D eigenvalue weighted by Crippen LogP contribution is 1.97. The Hall–Kier alpha value is -0.980. The summed E-state index contributed by atoms with van der Waals surface area (Å²) >= 11 is 0.